The zero-order valence-corrected chi connectivity index (χ0v) is 12.0. The molecule has 0 fully saturated rings. The molecular weight excluding hydrogens is 222 g/mol. The predicted molar refractivity (Wildman–Crippen MR) is 76.5 cm³/mol. The normalized spacial score (nSPS) is 12.6. The third kappa shape index (κ3) is 4.81. The molecule has 1 aromatic rings. The van der Waals surface area contributed by atoms with E-state index in [0.29, 0.717) is 6.61 Å². The Morgan fingerprint density at radius 1 is 1.33 bits per heavy atom. The lowest BCUT2D eigenvalue weighted by Crippen LogP contribution is -2.09. The van der Waals surface area contributed by atoms with Gasteiger partial charge >= 0.3 is 0 Å². The van der Waals surface area contributed by atoms with E-state index in [4.69, 9.17) is 10.5 Å². The van der Waals surface area contributed by atoms with Gasteiger partial charge in [0, 0.05) is 17.0 Å². The second-order valence-electron chi connectivity index (χ2n) is 5.67. The number of hydrogen-bond donors (Lipinski definition) is 1. The van der Waals surface area contributed by atoms with Crippen LogP contribution in [-0.2, 0) is 0 Å². The smallest absolute Gasteiger partial charge is 0.149 e. The Morgan fingerprint density at radius 3 is 2.56 bits per heavy atom. The van der Waals surface area contributed by atoms with Gasteiger partial charge in [-0.1, -0.05) is 29.5 Å². The Labute approximate surface area is 111 Å². The quantitative estimate of drug-likeness (QED) is 0.828. The van der Waals surface area contributed by atoms with Crippen LogP contribution in [0.2, 0.25) is 0 Å². The molecule has 1 unspecified atom stereocenters. The summed E-state index contributed by atoms with van der Waals surface area (Å²) in [5.41, 5.74) is 8.18. The molecule has 0 aliphatic rings. The molecule has 1 rings (SSSR count). The molecule has 2 heteroatoms. The van der Waals surface area contributed by atoms with Crippen molar-refractivity contribution in [3.05, 3.63) is 29.3 Å². The van der Waals surface area contributed by atoms with Crippen molar-refractivity contribution in [1.29, 1.82) is 0 Å². The average Bonchev–Trinajstić information content (AvgIpc) is 2.24. The highest BCUT2D eigenvalue weighted by Gasteiger charge is 2.08. The van der Waals surface area contributed by atoms with E-state index in [1.54, 1.807) is 0 Å². The number of hydrogen-bond acceptors (Lipinski definition) is 2. The fraction of sp³-hybridized carbons (Fsp3) is 0.500. The highest BCUT2D eigenvalue weighted by Crippen LogP contribution is 2.24. The minimum absolute atomic E-state index is 0.0145. The fourth-order valence-electron chi connectivity index (χ4n) is 1.57. The standard InChI is InChI=1S/C16H23NO/c1-12-7-8-15(14(11-12)13(2)17)18-10-6-9-16(3,4)5/h7-8,11,13H,10,17H2,1-5H3. The summed E-state index contributed by atoms with van der Waals surface area (Å²) in [5.74, 6) is 7.02. The second-order valence-corrected chi connectivity index (χ2v) is 5.67. The first-order chi connectivity index (χ1) is 8.29. The summed E-state index contributed by atoms with van der Waals surface area (Å²) in [7, 11) is 0. The van der Waals surface area contributed by atoms with Crippen LogP contribution in [0.15, 0.2) is 18.2 Å². The zero-order valence-electron chi connectivity index (χ0n) is 12.0. The number of benzene rings is 1. The first-order valence-corrected chi connectivity index (χ1v) is 6.28. The van der Waals surface area contributed by atoms with Crippen LogP contribution in [0.3, 0.4) is 0 Å². The lowest BCUT2D eigenvalue weighted by molar-refractivity contribution is 0.363. The van der Waals surface area contributed by atoms with Crippen LogP contribution in [0.25, 0.3) is 0 Å². The van der Waals surface area contributed by atoms with Crippen LogP contribution in [-0.4, -0.2) is 6.61 Å². The molecule has 2 nitrogen and oxygen atoms in total. The lowest BCUT2D eigenvalue weighted by atomic mass is 9.98. The molecule has 0 bridgehead atoms. The van der Waals surface area contributed by atoms with E-state index in [1.165, 1.54) is 5.56 Å². The number of nitrogens with two attached hydrogens (primary N) is 1. The Balaban J connectivity index is 2.75. The van der Waals surface area contributed by atoms with Gasteiger partial charge in [-0.15, -0.1) is 0 Å². The van der Waals surface area contributed by atoms with Crippen molar-refractivity contribution in [2.45, 2.75) is 40.7 Å². The molecule has 0 radical (unpaired) electrons. The summed E-state index contributed by atoms with van der Waals surface area (Å²) < 4.78 is 5.70. The number of rotatable bonds is 3. The van der Waals surface area contributed by atoms with Gasteiger partial charge in [0.2, 0.25) is 0 Å². The van der Waals surface area contributed by atoms with E-state index in [2.05, 4.69) is 45.6 Å². The molecule has 2 N–H and O–H groups in total. The first-order valence-electron chi connectivity index (χ1n) is 6.28. The van der Waals surface area contributed by atoms with Gasteiger partial charge < -0.3 is 10.5 Å². The molecule has 0 aliphatic carbocycles. The van der Waals surface area contributed by atoms with Crippen LogP contribution in [0.4, 0.5) is 0 Å². The first kappa shape index (κ1) is 14.6. The summed E-state index contributed by atoms with van der Waals surface area (Å²) in [4.78, 5) is 0. The molecule has 0 saturated heterocycles. The molecule has 0 saturated carbocycles. The van der Waals surface area contributed by atoms with Crippen molar-refractivity contribution in [1.82, 2.24) is 0 Å². The van der Waals surface area contributed by atoms with Crippen LogP contribution in [0.1, 0.15) is 44.9 Å². The van der Waals surface area contributed by atoms with Crippen LogP contribution in [0.5, 0.6) is 5.75 Å². The van der Waals surface area contributed by atoms with Crippen molar-refractivity contribution < 1.29 is 4.74 Å². The maximum atomic E-state index is 5.94. The van der Waals surface area contributed by atoms with Crippen molar-refractivity contribution in [3.8, 4) is 17.6 Å². The number of ether oxygens (including phenoxy) is 1. The Bertz CT molecular complexity index is 458. The minimum Gasteiger partial charge on any atom is -0.481 e. The fourth-order valence-corrected chi connectivity index (χ4v) is 1.57. The maximum Gasteiger partial charge on any atom is 0.149 e. The largest absolute Gasteiger partial charge is 0.481 e. The third-order valence-corrected chi connectivity index (χ3v) is 2.42. The van der Waals surface area contributed by atoms with Crippen LogP contribution >= 0.6 is 0 Å². The monoisotopic (exact) mass is 245 g/mol. The van der Waals surface area contributed by atoms with Gasteiger partial charge in [-0.25, -0.2) is 0 Å². The van der Waals surface area contributed by atoms with E-state index in [1.807, 2.05) is 19.1 Å². The van der Waals surface area contributed by atoms with Crippen molar-refractivity contribution in [2.24, 2.45) is 11.1 Å². The van der Waals surface area contributed by atoms with Gasteiger partial charge in [-0.3, -0.25) is 0 Å². The molecule has 18 heavy (non-hydrogen) atoms. The van der Waals surface area contributed by atoms with Gasteiger partial charge in [-0.2, -0.15) is 0 Å². The molecule has 1 atom stereocenters. The molecule has 0 aliphatic heterocycles. The SMILES string of the molecule is Cc1ccc(OCC#CC(C)(C)C)c(C(C)N)c1. The molecule has 98 valence electrons. The molecule has 0 heterocycles. The van der Waals surface area contributed by atoms with E-state index < -0.39 is 0 Å². The molecule has 0 amide bonds. The van der Waals surface area contributed by atoms with Crippen LogP contribution < -0.4 is 10.5 Å². The van der Waals surface area contributed by atoms with Gasteiger partial charge in [0.25, 0.3) is 0 Å². The second kappa shape index (κ2) is 5.93. The Kier molecular flexibility index (Phi) is 4.81. The minimum atomic E-state index is -0.0320. The highest BCUT2D eigenvalue weighted by molar-refractivity contribution is 5.39. The summed E-state index contributed by atoms with van der Waals surface area (Å²) in [6.07, 6.45) is 0. The van der Waals surface area contributed by atoms with E-state index in [9.17, 15) is 0 Å². The van der Waals surface area contributed by atoms with Crippen molar-refractivity contribution in [2.75, 3.05) is 6.61 Å². The Morgan fingerprint density at radius 2 is 2.00 bits per heavy atom. The molecule has 0 spiro atoms. The average molecular weight is 245 g/mol. The Hall–Kier alpha value is -1.46. The summed E-state index contributed by atoms with van der Waals surface area (Å²) in [5, 5.41) is 0. The highest BCUT2D eigenvalue weighted by atomic mass is 16.5. The summed E-state index contributed by atoms with van der Waals surface area (Å²) >= 11 is 0. The molecule has 1 aromatic carbocycles. The van der Waals surface area contributed by atoms with Crippen molar-refractivity contribution in [3.63, 3.8) is 0 Å². The topological polar surface area (TPSA) is 35.2 Å². The van der Waals surface area contributed by atoms with Gasteiger partial charge in [0.15, 0.2) is 0 Å². The molecule has 0 aromatic heterocycles. The molecular formula is C16H23NO. The number of aryl methyl sites for hydroxylation is 1. The van der Waals surface area contributed by atoms with Gasteiger partial charge in [-0.05, 0) is 40.7 Å². The van der Waals surface area contributed by atoms with Gasteiger partial charge in [0.05, 0.1) is 0 Å². The van der Waals surface area contributed by atoms with E-state index in [0.717, 1.165) is 11.3 Å². The van der Waals surface area contributed by atoms with E-state index >= 15 is 0 Å². The van der Waals surface area contributed by atoms with Crippen molar-refractivity contribution >= 4 is 0 Å². The zero-order chi connectivity index (χ0) is 13.8. The van der Waals surface area contributed by atoms with E-state index in [-0.39, 0.29) is 11.5 Å². The summed E-state index contributed by atoms with van der Waals surface area (Å²) in [6, 6.07) is 6.03. The summed E-state index contributed by atoms with van der Waals surface area (Å²) in [6.45, 7) is 10.7. The predicted octanol–water partition coefficient (Wildman–Crippen LogP) is 3.44. The van der Waals surface area contributed by atoms with Crippen LogP contribution in [0, 0.1) is 24.2 Å². The van der Waals surface area contributed by atoms with Gasteiger partial charge in [0.1, 0.15) is 12.4 Å². The lowest BCUT2D eigenvalue weighted by Gasteiger charge is -2.13. The third-order valence-electron chi connectivity index (χ3n) is 2.42. The maximum absolute atomic E-state index is 5.94.